The predicted molar refractivity (Wildman–Crippen MR) is 62.2 cm³/mol. The highest BCUT2D eigenvalue weighted by Gasteiger charge is 2.12. The van der Waals surface area contributed by atoms with E-state index in [2.05, 4.69) is 10.1 Å². The Bertz CT molecular complexity index is 597. The summed E-state index contributed by atoms with van der Waals surface area (Å²) in [6.45, 7) is 0. The number of ether oxygens (including phenoxy) is 1. The second-order valence-corrected chi connectivity index (χ2v) is 3.75. The molecule has 1 N–H and O–H groups in total. The number of halogens is 1. The standard InChI is InChI=1S/C12H11FN2O4/c1-18-9-3-2-7(6-8(9)13)12-14-10(19-15-12)4-5-11(16)17/h2-3,6H,4-5H2,1H3,(H,16,17). The maximum Gasteiger partial charge on any atom is 0.303 e. The molecule has 7 heteroatoms. The molecule has 0 saturated carbocycles. The van der Waals surface area contributed by atoms with Gasteiger partial charge < -0.3 is 14.4 Å². The zero-order valence-electron chi connectivity index (χ0n) is 10.1. The molecule has 0 fully saturated rings. The summed E-state index contributed by atoms with van der Waals surface area (Å²) in [7, 11) is 1.37. The van der Waals surface area contributed by atoms with Crippen molar-refractivity contribution in [3.05, 3.63) is 29.9 Å². The summed E-state index contributed by atoms with van der Waals surface area (Å²) in [5.41, 5.74) is 0.434. The number of aromatic nitrogens is 2. The molecule has 0 unspecified atom stereocenters. The van der Waals surface area contributed by atoms with E-state index in [-0.39, 0.29) is 30.3 Å². The van der Waals surface area contributed by atoms with E-state index in [4.69, 9.17) is 14.4 Å². The van der Waals surface area contributed by atoms with Crippen LogP contribution in [-0.4, -0.2) is 28.3 Å². The minimum atomic E-state index is -0.949. The second-order valence-electron chi connectivity index (χ2n) is 3.75. The normalized spacial score (nSPS) is 10.4. The molecule has 2 aromatic rings. The molecule has 19 heavy (non-hydrogen) atoms. The molecule has 0 aliphatic heterocycles. The second kappa shape index (κ2) is 5.47. The van der Waals surface area contributed by atoms with Crippen LogP contribution in [0.3, 0.4) is 0 Å². The van der Waals surface area contributed by atoms with Crippen LogP contribution in [0.4, 0.5) is 4.39 Å². The molecule has 100 valence electrons. The molecule has 1 heterocycles. The van der Waals surface area contributed by atoms with Crippen LogP contribution >= 0.6 is 0 Å². The van der Waals surface area contributed by atoms with Gasteiger partial charge in [0.05, 0.1) is 13.5 Å². The van der Waals surface area contributed by atoms with Gasteiger partial charge in [-0.3, -0.25) is 4.79 Å². The molecule has 0 atom stereocenters. The van der Waals surface area contributed by atoms with Gasteiger partial charge in [0, 0.05) is 12.0 Å². The third-order valence-electron chi connectivity index (χ3n) is 2.43. The number of benzene rings is 1. The minimum Gasteiger partial charge on any atom is -0.494 e. The topological polar surface area (TPSA) is 85.5 Å². The van der Waals surface area contributed by atoms with Crippen molar-refractivity contribution >= 4 is 5.97 Å². The molecule has 0 radical (unpaired) electrons. The number of aliphatic carboxylic acids is 1. The molecule has 0 saturated heterocycles. The fraction of sp³-hybridized carbons (Fsp3) is 0.250. The van der Waals surface area contributed by atoms with Crippen LogP contribution < -0.4 is 4.74 Å². The fourth-order valence-electron chi connectivity index (χ4n) is 1.49. The summed E-state index contributed by atoms with van der Waals surface area (Å²) in [6.07, 6.45) is 0.0412. The van der Waals surface area contributed by atoms with Gasteiger partial charge in [-0.15, -0.1) is 0 Å². The number of carboxylic acids is 1. The Morgan fingerprint density at radius 2 is 2.32 bits per heavy atom. The lowest BCUT2D eigenvalue weighted by atomic mass is 10.2. The van der Waals surface area contributed by atoms with Crippen molar-refractivity contribution < 1.29 is 23.6 Å². The Hall–Kier alpha value is -2.44. The largest absolute Gasteiger partial charge is 0.494 e. The van der Waals surface area contributed by atoms with Gasteiger partial charge in [0.2, 0.25) is 11.7 Å². The maximum absolute atomic E-state index is 13.5. The Kier molecular flexibility index (Phi) is 3.74. The van der Waals surface area contributed by atoms with Gasteiger partial charge >= 0.3 is 5.97 Å². The van der Waals surface area contributed by atoms with Crippen molar-refractivity contribution in [1.82, 2.24) is 10.1 Å². The highest BCUT2D eigenvalue weighted by Crippen LogP contribution is 2.23. The Labute approximate surface area is 107 Å². The highest BCUT2D eigenvalue weighted by atomic mass is 19.1. The van der Waals surface area contributed by atoms with Gasteiger partial charge in [-0.25, -0.2) is 4.39 Å². The molecule has 0 amide bonds. The monoisotopic (exact) mass is 266 g/mol. The molecule has 0 spiro atoms. The van der Waals surface area contributed by atoms with Crippen LogP contribution in [0.15, 0.2) is 22.7 Å². The summed E-state index contributed by atoms with van der Waals surface area (Å²) in [5.74, 6) is -0.943. The van der Waals surface area contributed by atoms with E-state index in [1.807, 2.05) is 0 Å². The van der Waals surface area contributed by atoms with Crippen molar-refractivity contribution in [2.75, 3.05) is 7.11 Å². The van der Waals surface area contributed by atoms with Crippen LogP contribution in [0.5, 0.6) is 5.75 Å². The number of carbonyl (C=O) groups is 1. The van der Waals surface area contributed by atoms with Crippen LogP contribution in [0, 0.1) is 5.82 Å². The molecule has 0 aliphatic carbocycles. The minimum absolute atomic E-state index is 0.0986. The maximum atomic E-state index is 13.5. The molecule has 0 aliphatic rings. The Morgan fingerprint density at radius 3 is 2.95 bits per heavy atom. The molecular formula is C12H11FN2O4. The summed E-state index contributed by atoms with van der Waals surface area (Å²) in [4.78, 5) is 14.4. The van der Waals surface area contributed by atoms with Gasteiger partial charge in [-0.2, -0.15) is 4.98 Å². The van der Waals surface area contributed by atoms with E-state index in [0.29, 0.717) is 5.56 Å². The smallest absolute Gasteiger partial charge is 0.303 e. The molecular weight excluding hydrogens is 255 g/mol. The highest BCUT2D eigenvalue weighted by molar-refractivity contribution is 5.66. The van der Waals surface area contributed by atoms with Crippen molar-refractivity contribution in [3.8, 4) is 17.1 Å². The molecule has 2 rings (SSSR count). The number of nitrogens with zero attached hydrogens (tertiary/aromatic N) is 2. The number of carboxylic acid groups (broad SMARTS) is 1. The average Bonchev–Trinajstić information content (AvgIpc) is 2.85. The summed E-state index contributed by atoms with van der Waals surface area (Å²) < 4.78 is 23.2. The summed E-state index contributed by atoms with van der Waals surface area (Å²) in [6, 6.07) is 4.27. The van der Waals surface area contributed by atoms with E-state index in [1.165, 1.54) is 19.2 Å². The quantitative estimate of drug-likeness (QED) is 0.889. The van der Waals surface area contributed by atoms with E-state index < -0.39 is 11.8 Å². The van der Waals surface area contributed by atoms with E-state index >= 15 is 0 Å². The average molecular weight is 266 g/mol. The first-order valence-corrected chi connectivity index (χ1v) is 5.48. The van der Waals surface area contributed by atoms with Crippen molar-refractivity contribution in [3.63, 3.8) is 0 Å². The number of hydrogen-bond acceptors (Lipinski definition) is 5. The first-order chi connectivity index (χ1) is 9.10. The molecule has 6 nitrogen and oxygen atoms in total. The fourth-order valence-corrected chi connectivity index (χ4v) is 1.49. The van der Waals surface area contributed by atoms with Gasteiger partial charge in [0.15, 0.2) is 11.6 Å². The Morgan fingerprint density at radius 1 is 1.53 bits per heavy atom. The van der Waals surface area contributed by atoms with Crippen molar-refractivity contribution in [2.45, 2.75) is 12.8 Å². The summed E-state index contributed by atoms with van der Waals surface area (Å²) >= 11 is 0. The first kappa shape index (κ1) is 13.0. The third kappa shape index (κ3) is 3.06. The zero-order valence-corrected chi connectivity index (χ0v) is 10.1. The van der Waals surface area contributed by atoms with Gasteiger partial charge in [-0.1, -0.05) is 5.16 Å². The van der Waals surface area contributed by atoms with Crippen LogP contribution in [0.25, 0.3) is 11.4 Å². The number of aryl methyl sites for hydroxylation is 1. The van der Waals surface area contributed by atoms with Crippen LogP contribution in [-0.2, 0) is 11.2 Å². The van der Waals surface area contributed by atoms with E-state index in [0.717, 1.165) is 0 Å². The SMILES string of the molecule is COc1ccc(-c2noc(CCC(=O)O)n2)cc1F. The Balaban J connectivity index is 2.18. The lowest BCUT2D eigenvalue weighted by Gasteiger charge is -2.01. The molecule has 1 aromatic carbocycles. The summed E-state index contributed by atoms with van der Waals surface area (Å²) in [5, 5.41) is 12.2. The number of methoxy groups -OCH3 is 1. The van der Waals surface area contributed by atoms with E-state index in [9.17, 15) is 9.18 Å². The lowest BCUT2D eigenvalue weighted by Crippen LogP contribution is -1.97. The van der Waals surface area contributed by atoms with Crippen molar-refractivity contribution in [1.29, 1.82) is 0 Å². The van der Waals surface area contributed by atoms with Crippen molar-refractivity contribution in [2.24, 2.45) is 0 Å². The van der Waals surface area contributed by atoms with E-state index in [1.54, 1.807) is 6.07 Å². The van der Waals surface area contributed by atoms with Gasteiger partial charge in [0.1, 0.15) is 0 Å². The lowest BCUT2D eigenvalue weighted by molar-refractivity contribution is -0.137. The number of rotatable bonds is 5. The van der Waals surface area contributed by atoms with Crippen LogP contribution in [0.1, 0.15) is 12.3 Å². The van der Waals surface area contributed by atoms with Gasteiger partial charge in [-0.05, 0) is 18.2 Å². The van der Waals surface area contributed by atoms with Crippen LogP contribution in [0.2, 0.25) is 0 Å². The predicted octanol–water partition coefficient (Wildman–Crippen LogP) is 1.90. The van der Waals surface area contributed by atoms with Gasteiger partial charge in [0.25, 0.3) is 0 Å². The third-order valence-corrected chi connectivity index (χ3v) is 2.43. The molecule has 0 bridgehead atoms. The zero-order chi connectivity index (χ0) is 13.8. The number of hydrogen-bond donors (Lipinski definition) is 1. The molecule has 1 aromatic heterocycles. The first-order valence-electron chi connectivity index (χ1n) is 5.48.